The van der Waals surface area contributed by atoms with Crippen molar-refractivity contribution in [1.82, 2.24) is 4.98 Å². The predicted octanol–water partition coefficient (Wildman–Crippen LogP) is 5.21. The Hall–Kier alpha value is -1.76. The van der Waals surface area contributed by atoms with Crippen molar-refractivity contribution in [2.24, 2.45) is 5.92 Å². The van der Waals surface area contributed by atoms with E-state index in [2.05, 4.69) is 11.9 Å². The van der Waals surface area contributed by atoms with Crippen LogP contribution in [0, 0.1) is 5.92 Å². The number of fused-ring (bicyclic) bond motifs is 4. The highest BCUT2D eigenvalue weighted by Crippen LogP contribution is 2.54. The lowest BCUT2D eigenvalue weighted by molar-refractivity contribution is -0.137. The standard InChI is InChI=1S/C17H17F3N2OS/c1-9-4-6-16(7-5-9)14-13(22-15(21)24-14)11-3-2-10(17(18,19)20)8-12(11)23-16/h2-3,8-9H,4-7H2,1H3,(H2,21,22). The first-order valence-corrected chi connectivity index (χ1v) is 8.77. The van der Waals surface area contributed by atoms with Crippen LogP contribution in [0.25, 0.3) is 11.3 Å². The van der Waals surface area contributed by atoms with Crippen molar-refractivity contribution in [2.75, 3.05) is 5.73 Å². The Bertz CT molecular complexity index is 792. The third-order valence-corrected chi connectivity index (χ3v) is 6.08. The predicted molar refractivity (Wildman–Crippen MR) is 86.9 cm³/mol. The largest absolute Gasteiger partial charge is 0.481 e. The molecule has 4 rings (SSSR count). The van der Waals surface area contributed by atoms with E-state index in [4.69, 9.17) is 10.5 Å². The van der Waals surface area contributed by atoms with Gasteiger partial charge in [0.1, 0.15) is 11.4 Å². The van der Waals surface area contributed by atoms with Crippen molar-refractivity contribution in [2.45, 2.75) is 44.4 Å². The number of hydrogen-bond donors (Lipinski definition) is 1. The molecule has 0 radical (unpaired) electrons. The van der Waals surface area contributed by atoms with E-state index in [1.807, 2.05) is 0 Å². The summed E-state index contributed by atoms with van der Waals surface area (Å²) in [5.41, 5.74) is 5.89. The number of alkyl halides is 3. The van der Waals surface area contributed by atoms with E-state index in [0.29, 0.717) is 22.3 Å². The maximum Gasteiger partial charge on any atom is 0.416 e. The molecule has 0 atom stereocenters. The fraction of sp³-hybridized carbons (Fsp3) is 0.471. The normalized spacial score (nSPS) is 25.9. The number of ether oxygens (including phenoxy) is 1. The SMILES string of the molecule is CC1CCC2(CC1)Oc1cc(C(F)(F)F)ccc1-c1nc(N)sc12. The number of thiazole rings is 1. The summed E-state index contributed by atoms with van der Waals surface area (Å²) in [6.45, 7) is 2.19. The maximum absolute atomic E-state index is 13.1. The van der Waals surface area contributed by atoms with E-state index in [1.54, 1.807) is 0 Å². The molecule has 1 aromatic carbocycles. The minimum atomic E-state index is -4.39. The van der Waals surface area contributed by atoms with E-state index < -0.39 is 17.3 Å². The highest BCUT2D eigenvalue weighted by Gasteiger charge is 2.46. The molecule has 128 valence electrons. The quantitative estimate of drug-likeness (QED) is 0.706. The Balaban J connectivity index is 1.86. The summed E-state index contributed by atoms with van der Waals surface area (Å²) >= 11 is 1.39. The molecule has 0 saturated heterocycles. The van der Waals surface area contributed by atoms with Gasteiger partial charge in [0.2, 0.25) is 0 Å². The molecule has 24 heavy (non-hydrogen) atoms. The zero-order chi connectivity index (χ0) is 17.1. The van der Waals surface area contributed by atoms with Crippen molar-refractivity contribution in [3.8, 4) is 17.0 Å². The van der Waals surface area contributed by atoms with Crippen LogP contribution in [0.1, 0.15) is 43.0 Å². The van der Waals surface area contributed by atoms with Crippen molar-refractivity contribution in [1.29, 1.82) is 0 Å². The number of benzene rings is 1. The number of nitrogen functional groups attached to an aromatic ring is 1. The van der Waals surface area contributed by atoms with Gasteiger partial charge >= 0.3 is 6.18 Å². The summed E-state index contributed by atoms with van der Waals surface area (Å²) in [7, 11) is 0. The van der Waals surface area contributed by atoms with Crippen LogP contribution in [0.3, 0.4) is 0 Å². The number of aromatic nitrogens is 1. The molecule has 2 aliphatic rings. The minimum absolute atomic E-state index is 0.261. The van der Waals surface area contributed by atoms with Gasteiger partial charge < -0.3 is 10.5 Å². The number of nitrogens with two attached hydrogens (primary N) is 1. The number of hydrogen-bond acceptors (Lipinski definition) is 4. The number of nitrogens with zero attached hydrogens (tertiary/aromatic N) is 1. The summed E-state index contributed by atoms with van der Waals surface area (Å²) < 4.78 is 45.4. The summed E-state index contributed by atoms with van der Waals surface area (Å²) in [5.74, 6) is 0.855. The van der Waals surface area contributed by atoms with Crippen LogP contribution in [-0.2, 0) is 11.8 Å². The molecule has 2 aromatic rings. The summed E-state index contributed by atoms with van der Waals surface area (Å²) in [4.78, 5) is 5.35. The molecule has 3 nitrogen and oxygen atoms in total. The molecule has 1 aliphatic carbocycles. The highest BCUT2D eigenvalue weighted by atomic mass is 32.1. The van der Waals surface area contributed by atoms with E-state index in [9.17, 15) is 13.2 Å². The number of anilines is 1. The monoisotopic (exact) mass is 354 g/mol. The first-order valence-electron chi connectivity index (χ1n) is 7.96. The molecule has 0 amide bonds. The Morgan fingerprint density at radius 1 is 1.29 bits per heavy atom. The number of rotatable bonds is 0. The van der Waals surface area contributed by atoms with E-state index in [-0.39, 0.29) is 5.75 Å². The molecule has 1 saturated carbocycles. The van der Waals surface area contributed by atoms with Gasteiger partial charge in [-0.2, -0.15) is 13.2 Å². The van der Waals surface area contributed by atoms with Crippen LogP contribution < -0.4 is 10.5 Å². The second-order valence-corrected chi connectivity index (χ2v) is 7.75. The molecular weight excluding hydrogens is 337 g/mol. The first-order chi connectivity index (χ1) is 11.3. The fourth-order valence-corrected chi connectivity index (χ4v) is 4.65. The Kier molecular flexibility index (Phi) is 3.36. The lowest BCUT2D eigenvalue weighted by atomic mass is 9.76. The molecule has 0 unspecified atom stereocenters. The third-order valence-electron chi connectivity index (χ3n) is 5.01. The summed E-state index contributed by atoms with van der Waals surface area (Å²) in [6.07, 6.45) is -0.887. The Labute approximate surface area is 141 Å². The topological polar surface area (TPSA) is 48.1 Å². The van der Waals surface area contributed by atoms with Gasteiger partial charge in [0, 0.05) is 5.56 Å². The van der Waals surface area contributed by atoms with Crippen LogP contribution in [0.2, 0.25) is 0 Å². The summed E-state index contributed by atoms with van der Waals surface area (Å²) in [6, 6.07) is 3.60. The van der Waals surface area contributed by atoms with E-state index in [0.717, 1.165) is 42.7 Å². The van der Waals surface area contributed by atoms with Gasteiger partial charge in [-0.1, -0.05) is 18.3 Å². The lowest BCUT2D eigenvalue weighted by Crippen LogP contribution is -2.38. The first kappa shape index (κ1) is 15.7. The molecule has 0 bridgehead atoms. The van der Waals surface area contributed by atoms with E-state index >= 15 is 0 Å². The van der Waals surface area contributed by atoms with Gasteiger partial charge in [0.25, 0.3) is 0 Å². The van der Waals surface area contributed by atoms with Gasteiger partial charge in [0.15, 0.2) is 5.13 Å². The molecular formula is C17H17F3N2OS. The van der Waals surface area contributed by atoms with Crippen molar-refractivity contribution in [3.05, 3.63) is 28.6 Å². The minimum Gasteiger partial charge on any atom is -0.481 e. The van der Waals surface area contributed by atoms with Gasteiger partial charge in [-0.3, -0.25) is 0 Å². The summed E-state index contributed by atoms with van der Waals surface area (Å²) in [5, 5.41) is 0.425. The van der Waals surface area contributed by atoms with Crippen LogP contribution in [0.4, 0.5) is 18.3 Å². The zero-order valence-corrected chi connectivity index (χ0v) is 13.9. The Morgan fingerprint density at radius 3 is 2.67 bits per heavy atom. The lowest BCUT2D eigenvalue weighted by Gasteiger charge is -2.42. The highest BCUT2D eigenvalue weighted by molar-refractivity contribution is 7.16. The van der Waals surface area contributed by atoms with Crippen molar-refractivity contribution >= 4 is 16.5 Å². The molecule has 1 aliphatic heterocycles. The second-order valence-electron chi connectivity index (χ2n) is 6.72. The van der Waals surface area contributed by atoms with Crippen LogP contribution in [0.15, 0.2) is 18.2 Å². The average Bonchev–Trinajstić information content (AvgIpc) is 2.92. The maximum atomic E-state index is 13.1. The van der Waals surface area contributed by atoms with Crippen molar-refractivity contribution in [3.63, 3.8) is 0 Å². The second kappa shape index (κ2) is 5.12. The van der Waals surface area contributed by atoms with Gasteiger partial charge in [-0.15, -0.1) is 0 Å². The average molecular weight is 354 g/mol. The molecule has 1 aromatic heterocycles. The van der Waals surface area contributed by atoms with Gasteiger partial charge in [-0.25, -0.2) is 4.98 Å². The molecule has 7 heteroatoms. The van der Waals surface area contributed by atoms with Gasteiger partial charge in [-0.05, 0) is 49.8 Å². The molecule has 2 N–H and O–H groups in total. The Morgan fingerprint density at radius 2 is 2.00 bits per heavy atom. The van der Waals surface area contributed by atoms with Crippen LogP contribution in [-0.4, -0.2) is 4.98 Å². The molecule has 1 fully saturated rings. The molecule has 1 spiro atoms. The van der Waals surface area contributed by atoms with Crippen molar-refractivity contribution < 1.29 is 17.9 Å². The zero-order valence-electron chi connectivity index (χ0n) is 13.1. The van der Waals surface area contributed by atoms with Gasteiger partial charge in [0.05, 0.1) is 16.1 Å². The fourth-order valence-electron chi connectivity index (χ4n) is 3.62. The number of halogens is 3. The van der Waals surface area contributed by atoms with Crippen LogP contribution >= 0.6 is 11.3 Å². The van der Waals surface area contributed by atoms with E-state index in [1.165, 1.54) is 17.4 Å². The molecule has 2 heterocycles. The smallest absolute Gasteiger partial charge is 0.416 e. The van der Waals surface area contributed by atoms with Crippen LogP contribution in [0.5, 0.6) is 5.75 Å². The third kappa shape index (κ3) is 2.37.